The van der Waals surface area contributed by atoms with Gasteiger partial charge < -0.3 is 20.7 Å². The van der Waals surface area contributed by atoms with Crippen LogP contribution in [0.3, 0.4) is 0 Å². The molecule has 1 aromatic rings. The first kappa shape index (κ1) is 16.3. The Labute approximate surface area is 123 Å². The number of benzene rings is 1. The highest BCUT2D eigenvalue weighted by molar-refractivity contribution is 5.92. The Balaban J connectivity index is 0.00000200. The van der Waals surface area contributed by atoms with Crippen LogP contribution >= 0.6 is 12.4 Å². The number of carbonyl (C=O) groups excluding carboxylic acids is 2. The first-order valence-corrected chi connectivity index (χ1v) is 6.18. The molecule has 20 heavy (non-hydrogen) atoms. The van der Waals surface area contributed by atoms with Crippen molar-refractivity contribution in [2.24, 2.45) is 5.73 Å². The molecular formula is C13H18ClN3O3. The van der Waals surface area contributed by atoms with E-state index in [2.05, 4.69) is 5.32 Å². The van der Waals surface area contributed by atoms with Crippen LogP contribution < -0.4 is 11.1 Å². The zero-order chi connectivity index (χ0) is 13.7. The molecule has 0 bridgehead atoms. The van der Waals surface area contributed by atoms with Gasteiger partial charge in [-0.1, -0.05) is 12.1 Å². The second-order valence-corrected chi connectivity index (χ2v) is 4.35. The Hall–Kier alpha value is -1.79. The molecule has 0 radical (unpaired) electrons. The Morgan fingerprint density at radius 2 is 1.80 bits per heavy atom. The summed E-state index contributed by atoms with van der Waals surface area (Å²) in [6, 6.07) is 6.70. The lowest BCUT2D eigenvalue weighted by Gasteiger charge is -2.26. The predicted octanol–water partition coefficient (Wildman–Crippen LogP) is 0.749. The van der Waals surface area contributed by atoms with Gasteiger partial charge in [-0.15, -0.1) is 12.4 Å². The van der Waals surface area contributed by atoms with Gasteiger partial charge in [0.15, 0.2) is 0 Å². The van der Waals surface area contributed by atoms with E-state index < -0.39 is 5.91 Å². The van der Waals surface area contributed by atoms with Crippen LogP contribution in [-0.4, -0.2) is 43.1 Å². The van der Waals surface area contributed by atoms with Crippen molar-refractivity contribution in [3.8, 4) is 0 Å². The van der Waals surface area contributed by atoms with Crippen LogP contribution in [0, 0.1) is 0 Å². The van der Waals surface area contributed by atoms with Gasteiger partial charge in [-0.25, -0.2) is 4.79 Å². The van der Waals surface area contributed by atoms with Crippen molar-refractivity contribution in [2.45, 2.75) is 6.61 Å². The third-order valence-corrected chi connectivity index (χ3v) is 2.98. The Morgan fingerprint density at radius 1 is 1.20 bits per heavy atom. The number of amides is 2. The standard InChI is InChI=1S/C13H17N3O3.ClH/c14-12(17)11-3-1-10(2-4-11)9-19-13(18)16-7-5-15-6-8-16;/h1-4,15H,5-9H2,(H2,14,17);1H. The molecule has 0 aromatic heterocycles. The fourth-order valence-electron chi connectivity index (χ4n) is 1.85. The molecule has 0 saturated carbocycles. The number of carbonyl (C=O) groups is 2. The van der Waals surface area contributed by atoms with Gasteiger partial charge >= 0.3 is 6.09 Å². The van der Waals surface area contributed by atoms with Gasteiger partial charge in [0.2, 0.25) is 5.91 Å². The lowest BCUT2D eigenvalue weighted by atomic mass is 10.1. The summed E-state index contributed by atoms with van der Waals surface area (Å²) < 4.78 is 5.21. The van der Waals surface area contributed by atoms with Gasteiger partial charge in [-0.05, 0) is 17.7 Å². The molecule has 1 aliphatic rings. The summed E-state index contributed by atoms with van der Waals surface area (Å²) >= 11 is 0. The van der Waals surface area contributed by atoms with Gasteiger partial charge in [0.05, 0.1) is 0 Å². The van der Waals surface area contributed by atoms with Crippen LogP contribution in [0.2, 0.25) is 0 Å². The summed E-state index contributed by atoms with van der Waals surface area (Å²) in [5.74, 6) is -0.468. The van der Waals surface area contributed by atoms with Crippen molar-refractivity contribution in [3.05, 3.63) is 35.4 Å². The molecule has 3 N–H and O–H groups in total. The summed E-state index contributed by atoms with van der Waals surface area (Å²) in [6.07, 6.45) is -0.305. The molecule has 1 saturated heterocycles. The van der Waals surface area contributed by atoms with Gasteiger partial charge in [-0.3, -0.25) is 4.79 Å². The Kier molecular flexibility index (Phi) is 6.27. The maximum Gasteiger partial charge on any atom is 0.410 e. The van der Waals surface area contributed by atoms with Crippen LogP contribution in [0.1, 0.15) is 15.9 Å². The average Bonchev–Trinajstić information content (AvgIpc) is 2.46. The van der Waals surface area contributed by atoms with E-state index in [1.807, 2.05) is 0 Å². The van der Waals surface area contributed by atoms with Crippen LogP contribution in [0.5, 0.6) is 0 Å². The van der Waals surface area contributed by atoms with Crippen molar-refractivity contribution in [2.75, 3.05) is 26.2 Å². The van der Waals surface area contributed by atoms with Crippen molar-refractivity contribution < 1.29 is 14.3 Å². The van der Waals surface area contributed by atoms with E-state index in [4.69, 9.17) is 10.5 Å². The molecule has 0 spiro atoms. The average molecular weight is 300 g/mol. The Morgan fingerprint density at radius 3 is 2.35 bits per heavy atom. The fourth-order valence-corrected chi connectivity index (χ4v) is 1.85. The maximum absolute atomic E-state index is 11.7. The molecule has 0 atom stereocenters. The van der Waals surface area contributed by atoms with E-state index in [9.17, 15) is 9.59 Å². The van der Waals surface area contributed by atoms with Crippen molar-refractivity contribution in [3.63, 3.8) is 0 Å². The molecule has 1 fully saturated rings. The zero-order valence-corrected chi connectivity index (χ0v) is 11.8. The monoisotopic (exact) mass is 299 g/mol. The molecule has 0 unspecified atom stereocenters. The topological polar surface area (TPSA) is 84.7 Å². The van der Waals surface area contributed by atoms with Crippen molar-refractivity contribution in [1.29, 1.82) is 0 Å². The molecule has 1 aliphatic heterocycles. The molecular weight excluding hydrogens is 282 g/mol. The fraction of sp³-hybridized carbons (Fsp3) is 0.385. The number of nitrogens with zero attached hydrogens (tertiary/aromatic N) is 1. The van der Waals surface area contributed by atoms with Gasteiger partial charge in [0.25, 0.3) is 0 Å². The molecule has 6 nitrogen and oxygen atoms in total. The normalized spacial score (nSPS) is 14.3. The Bertz CT molecular complexity index is 458. The summed E-state index contributed by atoms with van der Waals surface area (Å²) in [5.41, 5.74) is 6.42. The van der Waals surface area contributed by atoms with E-state index in [-0.39, 0.29) is 25.1 Å². The number of nitrogens with two attached hydrogens (primary N) is 1. The summed E-state index contributed by atoms with van der Waals surface area (Å²) in [7, 11) is 0. The molecule has 2 amide bonds. The lowest BCUT2D eigenvalue weighted by Crippen LogP contribution is -2.46. The van der Waals surface area contributed by atoms with E-state index in [1.54, 1.807) is 29.2 Å². The minimum absolute atomic E-state index is 0. The quantitative estimate of drug-likeness (QED) is 0.862. The number of piperazine rings is 1. The van der Waals surface area contributed by atoms with Gasteiger partial charge in [-0.2, -0.15) is 0 Å². The van der Waals surface area contributed by atoms with Gasteiger partial charge in [0, 0.05) is 31.7 Å². The summed E-state index contributed by atoms with van der Waals surface area (Å²) in [4.78, 5) is 24.3. The van der Waals surface area contributed by atoms with E-state index in [0.717, 1.165) is 18.7 Å². The molecule has 1 heterocycles. The van der Waals surface area contributed by atoms with Crippen LogP contribution in [-0.2, 0) is 11.3 Å². The number of halogens is 1. The first-order valence-electron chi connectivity index (χ1n) is 6.18. The van der Waals surface area contributed by atoms with Crippen LogP contribution in [0.4, 0.5) is 4.79 Å². The molecule has 1 aromatic carbocycles. The smallest absolute Gasteiger partial charge is 0.410 e. The minimum Gasteiger partial charge on any atom is -0.445 e. The van der Waals surface area contributed by atoms with Crippen molar-refractivity contribution >= 4 is 24.4 Å². The number of nitrogens with one attached hydrogen (secondary N) is 1. The molecule has 7 heteroatoms. The second-order valence-electron chi connectivity index (χ2n) is 4.35. The highest BCUT2D eigenvalue weighted by Crippen LogP contribution is 2.07. The third-order valence-electron chi connectivity index (χ3n) is 2.98. The SMILES string of the molecule is Cl.NC(=O)c1ccc(COC(=O)N2CCNCC2)cc1. The minimum atomic E-state index is -0.468. The summed E-state index contributed by atoms with van der Waals surface area (Å²) in [5, 5.41) is 3.17. The predicted molar refractivity (Wildman–Crippen MR) is 76.8 cm³/mol. The molecule has 0 aliphatic carbocycles. The number of primary amides is 1. The largest absolute Gasteiger partial charge is 0.445 e. The number of hydrogen-bond donors (Lipinski definition) is 2. The maximum atomic E-state index is 11.7. The first-order chi connectivity index (χ1) is 9.16. The lowest BCUT2D eigenvalue weighted by molar-refractivity contribution is 0.0916. The van der Waals surface area contributed by atoms with E-state index in [1.165, 1.54) is 0 Å². The third kappa shape index (κ3) is 4.40. The highest BCUT2D eigenvalue weighted by atomic mass is 35.5. The van der Waals surface area contributed by atoms with E-state index in [0.29, 0.717) is 18.7 Å². The molecule has 110 valence electrons. The number of hydrogen-bond acceptors (Lipinski definition) is 4. The second kappa shape index (κ2) is 7.72. The van der Waals surface area contributed by atoms with Crippen LogP contribution in [0.15, 0.2) is 24.3 Å². The van der Waals surface area contributed by atoms with E-state index >= 15 is 0 Å². The van der Waals surface area contributed by atoms with Crippen molar-refractivity contribution in [1.82, 2.24) is 10.2 Å². The molecule has 2 rings (SSSR count). The van der Waals surface area contributed by atoms with Gasteiger partial charge in [0.1, 0.15) is 6.61 Å². The number of ether oxygens (including phenoxy) is 1. The number of rotatable bonds is 3. The summed E-state index contributed by atoms with van der Waals surface area (Å²) in [6.45, 7) is 3.12. The zero-order valence-electron chi connectivity index (χ0n) is 11.0. The van der Waals surface area contributed by atoms with Crippen LogP contribution in [0.25, 0.3) is 0 Å². The highest BCUT2D eigenvalue weighted by Gasteiger charge is 2.17.